The Morgan fingerprint density at radius 1 is 1.29 bits per heavy atom. The zero-order valence-electron chi connectivity index (χ0n) is 11.9. The highest BCUT2D eigenvalue weighted by atomic mass is 32.2. The van der Waals surface area contributed by atoms with Gasteiger partial charge in [-0.15, -0.1) is 0 Å². The SMILES string of the molecule is COc1ccc(OC)c(S(=O)(=O)N(C)Cc2ncn[nH]2)c1. The van der Waals surface area contributed by atoms with Crippen LogP contribution in [0.4, 0.5) is 0 Å². The van der Waals surface area contributed by atoms with E-state index in [4.69, 9.17) is 9.47 Å². The first kappa shape index (κ1) is 15.3. The molecule has 0 bridgehead atoms. The second-order valence-corrected chi connectivity index (χ2v) is 6.22. The largest absolute Gasteiger partial charge is 0.497 e. The molecule has 1 aromatic heterocycles. The van der Waals surface area contributed by atoms with E-state index in [-0.39, 0.29) is 17.2 Å². The number of aromatic amines is 1. The molecule has 0 atom stereocenters. The Morgan fingerprint density at radius 2 is 2.05 bits per heavy atom. The number of sulfonamides is 1. The number of rotatable bonds is 6. The summed E-state index contributed by atoms with van der Waals surface area (Å²) in [5.74, 6) is 1.13. The Hall–Kier alpha value is -2.13. The molecule has 1 aromatic carbocycles. The van der Waals surface area contributed by atoms with Crippen molar-refractivity contribution in [3.05, 3.63) is 30.4 Å². The summed E-state index contributed by atoms with van der Waals surface area (Å²) in [4.78, 5) is 3.94. The monoisotopic (exact) mass is 312 g/mol. The zero-order chi connectivity index (χ0) is 15.5. The van der Waals surface area contributed by atoms with E-state index >= 15 is 0 Å². The van der Waals surface area contributed by atoms with Crippen molar-refractivity contribution in [2.45, 2.75) is 11.4 Å². The van der Waals surface area contributed by atoms with Gasteiger partial charge in [0.25, 0.3) is 0 Å². The normalized spacial score (nSPS) is 11.6. The van der Waals surface area contributed by atoms with Gasteiger partial charge in [-0.25, -0.2) is 13.4 Å². The quantitative estimate of drug-likeness (QED) is 0.841. The van der Waals surface area contributed by atoms with Crippen molar-refractivity contribution in [1.82, 2.24) is 19.5 Å². The smallest absolute Gasteiger partial charge is 0.247 e. The maximum atomic E-state index is 12.6. The lowest BCUT2D eigenvalue weighted by atomic mass is 10.3. The fraction of sp³-hybridized carbons (Fsp3) is 0.333. The number of nitrogens with zero attached hydrogens (tertiary/aromatic N) is 3. The first-order valence-corrected chi connectivity index (χ1v) is 7.45. The first-order valence-electron chi connectivity index (χ1n) is 6.01. The average Bonchev–Trinajstić information content (AvgIpc) is 2.99. The van der Waals surface area contributed by atoms with Crippen LogP contribution in [0, 0.1) is 0 Å². The average molecular weight is 312 g/mol. The number of ether oxygens (including phenoxy) is 2. The van der Waals surface area contributed by atoms with Gasteiger partial charge >= 0.3 is 0 Å². The van der Waals surface area contributed by atoms with Gasteiger partial charge in [0.05, 0.1) is 20.8 Å². The fourth-order valence-electron chi connectivity index (χ4n) is 1.76. The van der Waals surface area contributed by atoms with Crippen molar-refractivity contribution < 1.29 is 17.9 Å². The van der Waals surface area contributed by atoms with Crippen LogP contribution in [0.2, 0.25) is 0 Å². The number of H-pyrrole nitrogens is 1. The van der Waals surface area contributed by atoms with Gasteiger partial charge in [0.2, 0.25) is 10.0 Å². The molecule has 0 aliphatic carbocycles. The number of benzene rings is 1. The molecule has 0 saturated heterocycles. The third kappa shape index (κ3) is 3.14. The highest BCUT2D eigenvalue weighted by Crippen LogP contribution is 2.30. The van der Waals surface area contributed by atoms with Gasteiger partial charge in [-0.3, -0.25) is 5.10 Å². The Bertz CT molecular complexity index is 700. The second kappa shape index (κ2) is 6.10. The molecular weight excluding hydrogens is 296 g/mol. The van der Waals surface area contributed by atoms with Crippen molar-refractivity contribution >= 4 is 10.0 Å². The highest BCUT2D eigenvalue weighted by molar-refractivity contribution is 7.89. The third-order valence-electron chi connectivity index (χ3n) is 2.90. The number of hydrogen-bond donors (Lipinski definition) is 1. The summed E-state index contributed by atoms with van der Waals surface area (Å²) in [7, 11) is 0.588. The summed E-state index contributed by atoms with van der Waals surface area (Å²) in [6.07, 6.45) is 1.32. The van der Waals surface area contributed by atoms with Crippen LogP contribution in [0.25, 0.3) is 0 Å². The molecule has 0 fully saturated rings. The molecule has 1 N–H and O–H groups in total. The molecule has 1 heterocycles. The van der Waals surface area contributed by atoms with E-state index in [1.54, 1.807) is 12.1 Å². The van der Waals surface area contributed by atoms with Crippen molar-refractivity contribution in [2.24, 2.45) is 0 Å². The highest BCUT2D eigenvalue weighted by Gasteiger charge is 2.26. The zero-order valence-corrected chi connectivity index (χ0v) is 12.7. The number of aromatic nitrogens is 3. The maximum absolute atomic E-state index is 12.6. The minimum atomic E-state index is -3.75. The van der Waals surface area contributed by atoms with Gasteiger partial charge in [0, 0.05) is 13.1 Å². The van der Waals surface area contributed by atoms with E-state index in [2.05, 4.69) is 15.2 Å². The molecular formula is C12H16N4O4S. The Kier molecular flexibility index (Phi) is 4.43. The Labute approximate surface area is 122 Å². The van der Waals surface area contributed by atoms with Crippen LogP contribution in [0.15, 0.2) is 29.4 Å². The van der Waals surface area contributed by atoms with Gasteiger partial charge in [-0.2, -0.15) is 9.40 Å². The molecule has 8 nitrogen and oxygen atoms in total. The molecule has 9 heteroatoms. The van der Waals surface area contributed by atoms with Crippen molar-refractivity contribution in [2.75, 3.05) is 21.3 Å². The predicted molar refractivity (Wildman–Crippen MR) is 74.6 cm³/mol. The van der Waals surface area contributed by atoms with Crippen LogP contribution in [-0.2, 0) is 16.6 Å². The van der Waals surface area contributed by atoms with Crippen LogP contribution in [0.1, 0.15) is 5.82 Å². The van der Waals surface area contributed by atoms with Crippen LogP contribution in [0.3, 0.4) is 0 Å². The summed E-state index contributed by atoms with van der Waals surface area (Å²) >= 11 is 0. The standard InChI is InChI=1S/C12H16N4O4S/c1-16(7-12-13-8-14-15-12)21(17,18)11-6-9(19-2)4-5-10(11)20-3/h4-6,8H,7H2,1-3H3,(H,13,14,15). The molecule has 0 spiro atoms. The molecule has 0 aliphatic heterocycles. The van der Waals surface area contributed by atoms with Crippen LogP contribution >= 0.6 is 0 Å². The molecule has 2 rings (SSSR count). The van der Waals surface area contributed by atoms with Gasteiger partial charge in [0.1, 0.15) is 28.5 Å². The van der Waals surface area contributed by atoms with E-state index in [0.29, 0.717) is 11.6 Å². The summed E-state index contributed by atoms with van der Waals surface area (Å²) in [5.41, 5.74) is 0. The van der Waals surface area contributed by atoms with E-state index in [0.717, 1.165) is 4.31 Å². The molecule has 0 aliphatic rings. The summed E-state index contributed by atoms with van der Waals surface area (Å²) in [6, 6.07) is 4.60. The molecule has 0 unspecified atom stereocenters. The number of hydrogen-bond acceptors (Lipinski definition) is 6. The van der Waals surface area contributed by atoms with E-state index in [1.165, 1.54) is 33.7 Å². The summed E-state index contributed by atoms with van der Waals surface area (Å²) < 4.78 is 36.6. The van der Waals surface area contributed by atoms with Crippen molar-refractivity contribution in [1.29, 1.82) is 0 Å². The lowest BCUT2D eigenvalue weighted by molar-refractivity contribution is 0.387. The molecule has 0 amide bonds. The minimum Gasteiger partial charge on any atom is -0.497 e. The van der Waals surface area contributed by atoms with E-state index < -0.39 is 10.0 Å². The number of methoxy groups -OCH3 is 2. The van der Waals surface area contributed by atoms with Crippen LogP contribution in [0.5, 0.6) is 11.5 Å². The second-order valence-electron chi connectivity index (χ2n) is 4.21. The first-order chi connectivity index (χ1) is 9.98. The molecule has 0 saturated carbocycles. The molecule has 0 radical (unpaired) electrons. The Morgan fingerprint density at radius 3 is 2.62 bits per heavy atom. The fourth-order valence-corrected chi connectivity index (χ4v) is 3.06. The van der Waals surface area contributed by atoms with Gasteiger partial charge in [0.15, 0.2) is 0 Å². The van der Waals surface area contributed by atoms with Gasteiger partial charge in [-0.1, -0.05) is 0 Å². The summed E-state index contributed by atoms with van der Waals surface area (Å²) in [5, 5.41) is 6.31. The lowest BCUT2D eigenvalue weighted by Crippen LogP contribution is -2.27. The molecule has 114 valence electrons. The number of nitrogens with one attached hydrogen (secondary N) is 1. The lowest BCUT2D eigenvalue weighted by Gasteiger charge is -2.18. The van der Waals surface area contributed by atoms with Crippen molar-refractivity contribution in [3.63, 3.8) is 0 Å². The molecule has 21 heavy (non-hydrogen) atoms. The Balaban J connectivity index is 2.38. The van der Waals surface area contributed by atoms with Crippen LogP contribution < -0.4 is 9.47 Å². The maximum Gasteiger partial charge on any atom is 0.247 e. The van der Waals surface area contributed by atoms with Gasteiger partial charge < -0.3 is 9.47 Å². The topological polar surface area (TPSA) is 97.4 Å². The van der Waals surface area contributed by atoms with E-state index in [1.807, 2.05) is 0 Å². The third-order valence-corrected chi connectivity index (χ3v) is 4.72. The van der Waals surface area contributed by atoms with Crippen molar-refractivity contribution in [3.8, 4) is 11.5 Å². The van der Waals surface area contributed by atoms with Gasteiger partial charge in [-0.05, 0) is 12.1 Å². The van der Waals surface area contributed by atoms with Crippen LogP contribution in [-0.4, -0.2) is 49.2 Å². The predicted octanol–water partition coefficient (Wildman–Crippen LogP) is 0.643. The molecule has 2 aromatic rings. The summed E-state index contributed by atoms with van der Waals surface area (Å²) in [6.45, 7) is 0.0721. The van der Waals surface area contributed by atoms with E-state index in [9.17, 15) is 8.42 Å². The minimum absolute atomic E-state index is 0.0337.